The van der Waals surface area contributed by atoms with E-state index in [0.29, 0.717) is 19.4 Å². The van der Waals surface area contributed by atoms with Crippen LogP contribution in [0.5, 0.6) is 0 Å². The second kappa shape index (κ2) is 9.50. The smallest absolute Gasteiger partial charge is 0.252 e. The van der Waals surface area contributed by atoms with E-state index in [4.69, 9.17) is 0 Å². The molecule has 1 aromatic heterocycles. The van der Waals surface area contributed by atoms with Gasteiger partial charge in [-0.05, 0) is 56.2 Å². The molecule has 0 aliphatic carbocycles. The number of rotatable bonds is 6. The molecule has 0 spiro atoms. The molecule has 168 valence electrons. The van der Waals surface area contributed by atoms with E-state index in [0.717, 1.165) is 22.4 Å². The van der Waals surface area contributed by atoms with Gasteiger partial charge in [-0.15, -0.1) is 11.3 Å². The maximum atomic E-state index is 13.0. The van der Waals surface area contributed by atoms with E-state index < -0.39 is 15.9 Å². The number of hydrogen-bond acceptors (Lipinski definition) is 5. The lowest BCUT2D eigenvalue weighted by atomic mass is 9.98. The first-order valence-corrected chi connectivity index (χ1v) is 12.6. The summed E-state index contributed by atoms with van der Waals surface area (Å²) in [7, 11) is -2.00. The van der Waals surface area contributed by atoms with Gasteiger partial charge in [-0.25, -0.2) is 8.42 Å². The molecule has 1 aliphatic heterocycles. The van der Waals surface area contributed by atoms with Gasteiger partial charge in [0, 0.05) is 25.8 Å². The zero-order valence-corrected chi connectivity index (χ0v) is 20.0. The maximum Gasteiger partial charge on any atom is 0.252 e. The summed E-state index contributed by atoms with van der Waals surface area (Å²) in [6.07, 6.45) is 1.22. The number of anilines is 1. The van der Waals surface area contributed by atoms with Gasteiger partial charge in [-0.3, -0.25) is 9.59 Å². The van der Waals surface area contributed by atoms with Gasteiger partial charge in [-0.1, -0.05) is 23.8 Å². The lowest BCUT2D eigenvalue weighted by Gasteiger charge is -2.32. The van der Waals surface area contributed by atoms with E-state index in [1.807, 2.05) is 32.9 Å². The van der Waals surface area contributed by atoms with Gasteiger partial charge in [0.1, 0.15) is 4.21 Å². The Bertz CT molecular complexity index is 1040. The lowest BCUT2D eigenvalue weighted by Crippen LogP contribution is -2.47. The highest BCUT2D eigenvalue weighted by molar-refractivity contribution is 7.91. The molecular formula is C22H29N3O4S2. The van der Waals surface area contributed by atoms with Crippen molar-refractivity contribution in [1.29, 1.82) is 0 Å². The van der Waals surface area contributed by atoms with Gasteiger partial charge in [0.25, 0.3) is 10.0 Å². The molecule has 1 aromatic carbocycles. The number of nitrogens with one attached hydrogen (secondary N) is 1. The number of amides is 2. The Labute approximate surface area is 188 Å². The molecule has 9 heteroatoms. The Kier molecular flexibility index (Phi) is 7.18. The molecule has 0 bridgehead atoms. The number of likely N-dealkylation sites (N-methyl/N-ethyl adjacent to an activating group) is 1. The maximum absolute atomic E-state index is 13.0. The SMILES string of the molecule is Cc1cc(C)c(NC(=O)CN(C)C(=O)C2CCCN(S(=O)(=O)c3cccs3)C2)c(C)c1. The van der Waals surface area contributed by atoms with E-state index in [1.165, 1.54) is 20.5 Å². The number of carbonyl (C=O) groups is 2. The van der Waals surface area contributed by atoms with Crippen molar-refractivity contribution in [2.45, 2.75) is 37.8 Å². The largest absolute Gasteiger partial charge is 0.336 e. The van der Waals surface area contributed by atoms with Gasteiger partial charge in [-0.2, -0.15) is 4.31 Å². The number of sulfonamides is 1. The van der Waals surface area contributed by atoms with Crippen LogP contribution in [0.3, 0.4) is 0 Å². The minimum atomic E-state index is -3.59. The van der Waals surface area contributed by atoms with Crippen molar-refractivity contribution >= 4 is 38.9 Å². The molecule has 0 radical (unpaired) electrons. The zero-order chi connectivity index (χ0) is 22.8. The Balaban J connectivity index is 1.62. The number of carbonyl (C=O) groups excluding carboxylic acids is 2. The van der Waals surface area contributed by atoms with Crippen LogP contribution in [0.4, 0.5) is 5.69 Å². The Morgan fingerprint density at radius 2 is 1.90 bits per heavy atom. The van der Waals surface area contributed by atoms with Gasteiger partial charge in [0.05, 0.1) is 12.5 Å². The normalized spacial score (nSPS) is 17.4. The summed E-state index contributed by atoms with van der Waals surface area (Å²) in [5.41, 5.74) is 3.84. The third-order valence-electron chi connectivity index (χ3n) is 5.52. The number of thiophene rings is 1. The van der Waals surface area contributed by atoms with E-state index in [9.17, 15) is 18.0 Å². The molecule has 0 saturated carbocycles. The first-order valence-electron chi connectivity index (χ1n) is 10.3. The zero-order valence-electron chi connectivity index (χ0n) is 18.3. The van der Waals surface area contributed by atoms with Crippen LogP contribution in [0, 0.1) is 26.7 Å². The van der Waals surface area contributed by atoms with Crippen LogP contribution in [0.15, 0.2) is 33.9 Å². The van der Waals surface area contributed by atoms with Gasteiger partial charge < -0.3 is 10.2 Å². The molecule has 2 heterocycles. The summed E-state index contributed by atoms with van der Waals surface area (Å²) in [6, 6.07) is 7.29. The van der Waals surface area contributed by atoms with Crippen molar-refractivity contribution < 1.29 is 18.0 Å². The van der Waals surface area contributed by atoms with Crippen LogP contribution in [0.2, 0.25) is 0 Å². The number of benzene rings is 1. The fourth-order valence-corrected chi connectivity index (χ4v) is 6.73. The highest BCUT2D eigenvalue weighted by Gasteiger charge is 2.35. The fraction of sp³-hybridized carbons (Fsp3) is 0.455. The molecule has 2 aromatic rings. The summed E-state index contributed by atoms with van der Waals surface area (Å²) >= 11 is 1.17. The van der Waals surface area contributed by atoms with Gasteiger partial charge >= 0.3 is 0 Å². The second-order valence-corrected chi connectivity index (χ2v) is 11.3. The van der Waals surface area contributed by atoms with Crippen molar-refractivity contribution in [3.63, 3.8) is 0 Å². The Morgan fingerprint density at radius 3 is 2.52 bits per heavy atom. The summed E-state index contributed by atoms with van der Waals surface area (Å²) in [5.74, 6) is -0.938. The fourth-order valence-electron chi connectivity index (χ4n) is 4.06. The van der Waals surface area contributed by atoms with E-state index >= 15 is 0 Å². The van der Waals surface area contributed by atoms with Crippen molar-refractivity contribution in [2.75, 3.05) is 32.0 Å². The highest BCUT2D eigenvalue weighted by atomic mass is 32.2. The van der Waals surface area contributed by atoms with Crippen LogP contribution in [0.25, 0.3) is 0 Å². The lowest BCUT2D eigenvalue weighted by molar-refractivity contribution is -0.138. The second-order valence-electron chi connectivity index (χ2n) is 8.15. The number of hydrogen-bond donors (Lipinski definition) is 1. The molecule has 1 unspecified atom stereocenters. The van der Waals surface area contributed by atoms with Crippen molar-refractivity contribution in [2.24, 2.45) is 5.92 Å². The topological polar surface area (TPSA) is 86.8 Å². The molecule has 1 N–H and O–H groups in total. The van der Waals surface area contributed by atoms with E-state index in [-0.39, 0.29) is 29.1 Å². The first kappa shape index (κ1) is 23.4. The van der Waals surface area contributed by atoms with Gasteiger partial charge in [0.15, 0.2) is 0 Å². The van der Waals surface area contributed by atoms with Crippen molar-refractivity contribution in [3.8, 4) is 0 Å². The third kappa shape index (κ3) is 5.34. The first-order chi connectivity index (χ1) is 14.6. The van der Waals surface area contributed by atoms with Crippen LogP contribution in [-0.4, -0.2) is 56.1 Å². The molecule has 1 aliphatic rings. The van der Waals surface area contributed by atoms with Crippen LogP contribution < -0.4 is 5.32 Å². The quantitative estimate of drug-likeness (QED) is 0.713. The number of piperidine rings is 1. The summed E-state index contributed by atoms with van der Waals surface area (Å²) in [5, 5.41) is 4.63. The van der Waals surface area contributed by atoms with E-state index in [1.54, 1.807) is 24.6 Å². The van der Waals surface area contributed by atoms with Crippen LogP contribution in [0.1, 0.15) is 29.5 Å². The predicted octanol–water partition coefficient (Wildman–Crippen LogP) is 3.17. The van der Waals surface area contributed by atoms with Gasteiger partial charge in [0.2, 0.25) is 11.8 Å². The predicted molar refractivity (Wildman–Crippen MR) is 123 cm³/mol. The molecule has 31 heavy (non-hydrogen) atoms. The van der Waals surface area contributed by atoms with Crippen molar-refractivity contribution in [1.82, 2.24) is 9.21 Å². The number of nitrogens with zero attached hydrogens (tertiary/aromatic N) is 2. The molecular weight excluding hydrogens is 434 g/mol. The van der Waals surface area contributed by atoms with Crippen molar-refractivity contribution in [3.05, 3.63) is 46.3 Å². The Hall–Kier alpha value is -2.23. The minimum absolute atomic E-state index is 0.0836. The molecule has 7 nitrogen and oxygen atoms in total. The number of aryl methyl sites for hydroxylation is 3. The monoisotopic (exact) mass is 463 g/mol. The Morgan fingerprint density at radius 1 is 1.23 bits per heavy atom. The summed E-state index contributed by atoms with van der Waals surface area (Å²) in [6.45, 7) is 6.34. The van der Waals surface area contributed by atoms with E-state index in [2.05, 4.69) is 5.32 Å². The molecule has 1 saturated heterocycles. The summed E-state index contributed by atoms with van der Waals surface area (Å²) < 4.78 is 27.3. The standard InChI is InChI=1S/C22H29N3O4S2/c1-15-11-16(2)21(17(3)12-15)23-19(26)14-24(4)22(27)18-7-5-9-25(13-18)31(28,29)20-8-6-10-30-20/h6,8,10-12,18H,5,7,9,13-14H2,1-4H3,(H,23,26). The molecule has 2 amide bonds. The average molecular weight is 464 g/mol. The highest BCUT2D eigenvalue weighted by Crippen LogP contribution is 2.27. The molecule has 3 rings (SSSR count). The average Bonchev–Trinajstić information content (AvgIpc) is 3.26. The molecule has 1 fully saturated rings. The minimum Gasteiger partial charge on any atom is -0.336 e. The third-order valence-corrected chi connectivity index (χ3v) is 8.76. The summed E-state index contributed by atoms with van der Waals surface area (Å²) in [4.78, 5) is 26.9. The van der Waals surface area contributed by atoms with Crippen LogP contribution in [-0.2, 0) is 19.6 Å². The molecule has 1 atom stereocenters. The van der Waals surface area contributed by atoms with Crippen LogP contribution >= 0.6 is 11.3 Å².